The summed E-state index contributed by atoms with van der Waals surface area (Å²) in [6.45, 7) is 7.07. The SMILES string of the molecule is CCNC(=NCC1CCCc2ccccc21)NCCCOC1CCOC1. The van der Waals surface area contributed by atoms with Crippen LogP contribution in [0.15, 0.2) is 29.3 Å². The van der Waals surface area contributed by atoms with Gasteiger partial charge in [-0.25, -0.2) is 0 Å². The molecule has 1 aliphatic heterocycles. The van der Waals surface area contributed by atoms with Gasteiger partial charge in [-0.2, -0.15) is 0 Å². The molecule has 26 heavy (non-hydrogen) atoms. The van der Waals surface area contributed by atoms with E-state index in [1.165, 1.54) is 30.4 Å². The molecule has 1 heterocycles. The zero-order valence-corrected chi connectivity index (χ0v) is 16.0. The molecule has 0 bridgehead atoms. The third-order valence-corrected chi connectivity index (χ3v) is 5.16. The lowest BCUT2D eigenvalue weighted by molar-refractivity contribution is 0.0420. The monoisotopic (exact) mass is 359 g/mol. The van der Waals surface area contributed by atoms with E-state index in [2.05, 4.69) is 41.8 Å². The zero-order valence-electron chi connectivity index (χ0n) is 16.0. The number of guanidine groups is 1. The van der Waals surface area contributed by atoms with E-state index in [1.807, 2.05) is 0 Å². The van der Waals surface area contributed by atoms with E-state index in [-0.39, 0.29) is 0 Å². The van der Waals surface area contributed by atoms with Gasteiger partial charge in [0, 0.05) is 38.8 Å². The highest BCUT2D eigenvalue weighted by Gasteiger charge is 2.19. The number of nitrogens with zero attached hydrogens (tertiary/aromatic N) is 1. The van der Waals surface area contributed by atoms with Gasteiger partial charge in [0.15, 0.2) is 5.96 Å². The molecule has 5 heteroatoms. The number of rotatable bonds is 8. The molecule has 0 spiro atoms. The van der Waals surface area contributed by atoms with Crippen molar-refractivity contribution in [2.45, 2.75) is 51.0 Å². The fourth-order valence-electron chi connectivity index (χ4n) is 3.76. The van der Waals surface area contributed by atoms with Crippen molar-refractivity contribution in [1.29, 1.82) is 0 Å². The Labute approximate surface area is 157 Å². The van der Waals surface area contributed by atoms with Crippen molar-refractivity contribution in [2.75, 3.05) is 39.5 Å². The molecule has 2 aliphatic rings. The highest BCUT2D eigenvalue weighted by molar-refractivity contribution is 5.79. The van der Waals surface area contributed by atoms with E-state index in [4.69, 9.17) is 14.5 Å². The van der Waals surface area contributed by atoms with Crippen molar-refractivity contribution in [3.05, 3.63) is 35.4 Å². The Morgan fingerprint density at radius 2 is 2.19 bits per heavy atom. The Morgan fingerprint density at radius 3 is 3.04 bits per heavy atom. The average molecular weight is 360 g/mol. The van der Waals surface area contributed by atoms with Gasteiger partial charge in [0.1, 0.15) is 0 Å². The van der Waals surface area contributed by atoms with E-state index in [0.29, 0.717) is 12.0 Å². The fraction of sp³-hybridized carbons (Fsp3) is 0.667. The maximum absolute atomic E-state index is 5.81. The standard InChI is InChI=1S/C21H33N3O2/c1-2-22-21(23-12-6-13-26-19-11-14-25-16-19)24-15-18-9-5-8-17-7-3-4-10-20(17)18/h3-4,7,10,18-19H,2,5-6,8-9,11-16H2,1H3,(H2,22,23,24). The molecule has 0 saturated carbocycles. The lowest BCUT2D eigenvalue weighted by Crippen LogP contribution is -2.38. The van der Waals surface area contributed by atoms with Crippen LogP contribution in [-0.2, 0) is 15.9 Å². The first-order chi connectivity index (χ1) is 12.9. The summed E-state index contributed by atoms with van der Waals surface area (Å²) in [5.41, 5.74) is 3.00. The van der Waals surface area contributed by atoms with Crippen molar-refractivity contribution in [2.24, 2.45) is 4.99 Å². The summed E-state index contributed by atoms with van der Waals surface area (Å²) in [6, 6.07) is 8.85. The van der Waals surface area contributed by atoms with Crippen LogP contribution < -0.4 is 10.6 Å². The van der Waals surface area contributed by atoms with Gasteiger partial charge in [0.25, 0.3) is 0 Å². The molecule has 0 radical (unpaired) electrons. The molecule has 1 aromatic carbocycles. The maximum Gasteiger partial charge on any atom is 0.191 e. The fourth-order valence-corrected chi connectivity index (χ4v) is 3.76. The van der Waals surface area contributed by atoms with Crippen LogP contribution in [-0.4, -0.2) is 51.5 Å². The van der Waals surface area contributed by atoms with Crippen LogP contribution in [0.25, 0.3) is 0 Å². The molecule has 0 aromatic heterocycles. The van der Waals surface area contributed by atoms with Crippen LogP contribution in [0.3, 0.4) is 0 Å². The van der Waals surface area contributed by atoms with E-state index in [0.717, 1.165) is 58.3 Å². The van der Waals surface area contributed by atoms with Crippen molar-refractivity contribution in [3.63, 3.8) is 0 Å². The van der Waals surface area contributed by atoms with Gasteiger partial charge in [-0.1, -0.05) is 24.3 Å². The van der Waals surface area contributed by atoms with Gasteiger partial charge in [0.05, 0.1) is 12.7 Å². The normalized spacial score (nSPS) is 22.9. The summed E-state index contributed by atoms with van der Waals surface area (Å²) in [7, 11) is 0. The number of hydrogen-bond donors (Lipinski definition) is 2. The largest absolute Gasteiger partial charge is 0.379 e. The maximum atomic E-state index is 5.81. The molecule has 1 aromatic rings. The highest BCUT2D eigenvalue weighted by atomic mass is 16.5. The number of aliphatic imine (C=N–C) groups is 1. The Morgan fingerprint density at radius 1 is 1.27 bits per heavy atom. The lowest BCUT2D eigenvalue weighted by Gasteiger charge is -2.24. The van der Waals surface area contributed by atoms with E-state index in [1.54, 1.807) is 0 Å². The molecular formula is C21H33N3O2. The Kier molecular flexibility index (Phi) is 7.77. The minimum atomic E-state index is 0.295. The van der Waals surface area contributed by atoms with E-state index in [9.17, 15) is 0 Å². The highest BCUT2D eigenvalue weighted by Crippen LogP contribution is 2.31. The van der Waals surface area contributed by atoms with Crippen molar-refractivity contribution >= 4 is 5.96 Å². The molecule has 3 rings (SSSR count). The van der Waals surface area contributed by atoms with Crippen LogP contribution in [0.1, 0.15) is 49.7 Å². The summed E-state index contributed by atoms with van der Waals surface area (Å²) in [4.78, 5) is 4.84. The molecule has 144 valence electrons. The predicted molar refractivity (Wildman–Crippen MR) is 106 cm³/mol. The molecule has 1 aliphatic carbocycles. The Balaban J connectivity index is 1.43. The average Bonchev–Trinajstić information content (AvgIpc) is 3.19. The minimum Gasteiger partial charge on any atom is -0.379 e. The number of fused-ring (bicyclic) bond motifs is 1. The molecule has 2 unspecified atom stereocenters. The molecule has 2 N–H and O–H groups in total. The zero-order chi connectivity index (χ0) is 18.0. The quantitative estimate of drug-likeness (QED) is 0.426. The molecular weight excluding hydrogens is 326 g/mol. The molecule has 1 saturated heterocycles. The van der Waals surface area contributed by atoms with Gasteiger partial charge in [0.2, 0.25) is 0 Å². The summed E-state index contributed by atoms with van der Waals surface area (Å²) in [5.74, 6) is 1.46. The minimum absolute atomic E-state index is 0.295. The van der Waals surface area contributed by atoms with Gasteiger partial charge < -0.3 is 20.1 Å². The van der Waals surface area contributed by atoms with Gasteiger partial charge >= 0.3 is 0 Å². The van der Waals surface area contributed by atoms with Gasteiger partial charge in [-0.15, -0.1) is 0 Å². The summed E-state index contributed by atoms with van der Waals surface area (Å²) < 4.78 is 11.1. The number of hydrogen-bond acceptors (Lipinski definition) is 3. The second kappa shape index (κ2) is 10.5. The Bertz CT molecular complexity index is 570. The van der Waals surface area contributed by atoms with Crippen LogP contribution in [0.4, 0.5) is 0 Å². The number of ether oxygens (including phenoxy) is 2. The molecule has 5 nitrogen and oxygen atoms in total. The second-order valence-corrected chi connectivity index (χ2v) is 7.14. The van der Waals surface area contributed by atoms with E-state index >= 15 is 0 Å². The molecule has 2 atom stereocenters. The van der Waals surface area contributed by atoms with Crippen LogP contribution >= 0.6 is 0 Å². The van der Waals surface area contributed by atoms with Crippen molar-refractivity contribution < 1.29 is 9.47 Å². The van der Waals surface area contributed by atoms with Gasteiger partial charge in [-0.05, 0) is 50.2 Å². The first kappa shape index (κ1) is 19.2. The summed E-state index contributed by atoms with van der Waals surface area (Å²) >= 11 is 0. The number of benzene rings is 1. The lowest BCUT2D eigenvalue weighted by atomic mass is 9.83. The van der Waals surface area contributed by atoms with Crippen LogP contribution in [0.5, 0.6) is 0 Å². The third kappa shape index (κ3) is 5.71. The first-order valence-electron chi connectivity index (χ1n) is 10.2. The van der Waals surface area contributed by atoms with Crippen molar-refractivity contribution in [3.8, 4) is 0 Å². The number of aryl methyl sites for hydroxylation is 1. The van der Waals surface area contributed by atoms with E-state index < -0.39 is 0 Å². The number of nitrogens with one attached hydrogen (secondary N) is 2. The molecule has 1 fully saturated rings. The van der Waals surface area contributed by atoms with Crippen LogP contribution in [0.2, 0.25) is 0 Å². The first-order valence-corrected chi connectivity index (χ1v) is 10.2. The van der Waals surface area contributed by atoms with Crippen molar-refractivity contribution in [1.82, 2.24) is 10.6 Å². The predicted octanol–water partition coefficient (Wildman–Crippen LogP) is 2.86. The Hall–Kier alpha value is -1.59. The smallest absolute Gasteiger partial charge is 0.191 e. The molecule has 0 amide bonds. The second-order valence-electron chi connectivity index (χ2n) is 7.14. The third-order valence-electron chi connectivity index (χ3n) is 5.16. The van der Waals surface area contributed by atoms with Crippen LogP contribution in [0, 0.1) is 0 Å². The van der Waals surface area contributed by atoms with Gasteiger partial charge in [-0.3, -0.25) is 4.99 Å². The summed E-state index contributed by atoms with van der Waals surface area (Å²) in [5, 5.41) is 6.79. The summed E-state index contributed by atoms with van der Waals surface area (Å²) in [6.07, 6.45) is 6.01. The topological polar surface area (TPSA) is 54.9 Å².